The molecule has 0 spiro atoms. The zero-order chi connectivity index (χ0) is 14.0. The monoisotopic (exact) mass is 340 g/mol. The molecule has 0 radical (unpaired) electrons. The second-order valence-electron chi connectivity index (χ2n) is 3.81. The van der Waals surface area contributed by atoms with Crippen molar-refractivity contribution in [3.63, 3.8) is 0 Å². The maximum atomic E-state index is 12.0. The molecule has 1 heterocycles. The van der Waals surface area contributed by atoms with Gasteiger partial charge in [-0.1, -0.05) is 6.07 Å². The highest BCUT2D eigenvalue weighted by Crippen LogP contribution is 2.26. The first-order valence-corrected chi connectivity index (χ1v) is 6.95. The van der Waals surface area contributed by atoms with Crippen LogP contribution in [0.15, 0.2) is 34.1 Å². The molecule has 0 saturated carbocycles. The van der Waals surface area contributed by atoms with Gasteiger partial charge in [0.15, 0.2) is 0 Å². The average molecular weight is 341 g/mol. The molecule has 0 unspecified atom stereocenters. The van der Waals surface area contributed by atoms with Crippen LogP contribution in [0.25, 0.3) is 0 Å². The molecule has 19 heavy (non-hydrogen) atoms. The van der Waals surface area contributed by atoms with Crippen LogP contribution in [-0.4, -0.2) is 10.8 Å². The summed E-state index contributed by atoms with van der Waals surface area (Å²) in [4.78, 5) is 22.8. The van der Waals surface area contributed by atoms with E-state index in [1.165, 1.54) is 23.5 Å². The van der Waals surface area contributed by atoms with Crippen LogP contribution in [0.4, 0.5) is 11.4 Å². The van der Waals surface area contributed by atoms with Gasteiger partial charge < -0.3 is 5.32 Å². The first kappa shape index (κ1) is 13.7. The van der Waals surface area contributed by atoms with Crippen LogP contribution in [0.2, 0.25) is 0 Å². The summed E-state index contributed by atoms with van der Waals surface area (Å²) in [6.45, 7) is 1.78. The Labute approximate surface area is 121 Å². The number of thiophene rings is 1. The number of non-ortho nitro benzene ring substituents is 1. The van der Waals surface area contributed by atoms with Crippen LogP contribution in [0.1, 0.15) is 15.2 Å². The molecule has 98 valence electrons. The van der Waals surface area contributed by atoms with Crippen molar-refractivity contribution in [2.45, 2.75) is 6.92 Å². The van der Waals surface area contributed by atoms with Crippen molar-refractivity contribution in [3.05, 3.63) is 54.7 Å². The van der Waals surface area contributed by atoms with Gasteiger partial charge in [0.25, 0.3) is 11.6 Å². The predicted molar refractivity (Wildman–Crippen MR) is 77.8 cm³/mol. The van der Waals surface area contributed by atoms with E-state index in [1.54, 1.807) is 24.4 Å². The number of nitrogens with one attached hydrogen (secondary N) is 1. The van der Waals surface area contributed by atoms with Gasteiger partial charge in [-0.2, -0.15) is 0 Å². The molecule has 1 amide bonds. The lowest BCUT2D eigenvalue weighted by atomic mass is 10.2. The van der Waals surface area contributed by atoms with Crippen molar-refractivity contribution in [2.75, 3.05) is 5.32 Å². The molecule has 1 N–H and O–H groups in total. The van der Waals surface area contributed by atoms with E-state index in [9.17, 15) is 14.9 Å². The second-order valence-corrected chi connectivity index (χ2v) is 5.58. The molecule has 0 aliphatic heterocycles. The number of nitro benzene ring substituents is 1. The van der Waals surface area contributed by atoms with E-state index >= 15 is 0 Å². The number of nitro groups is 1. The lowest BCUT2D eigenvalue weighted by Gasteiger charge is -2.07. The molecule has 1 aromatic heterocycles. The highest BCUT2D eigenvalue weighted by Gasteiger charge is 2.15. The number of anilines is 1. The normalized spacial score (nSPS) is 10.2. The summed E-state index contributed by atoms with van der Waals surface area (Å²) >= 11 is 4.58. The summed E-state index contributed by atoms with van der Waals surface area (Å²) in [7, 11) is 0. The van der Waals surface area contributed by atoms with Crippen LogP contribution >= 0.6 is 27.3 Å². The standard InChI is InChI=1S/C12H9BrN2O3S/c1-7-2-3-8(15(17)18)6-10(7)14-12(16)11-9(13)4-5-19-11/h2-6H,1H3,(H,14,16). The van der Waals surface area contributed by atoms with Gasteiger partial charge in [-0.3, -0.25) is 14.9 Å². The Balaban J connectivity index is 2.28. The van der Waals surface area contributed by atoms with Crippen molar-refractivity contribution in [1.82, 2.24) is 0 Å². The summed E-state index contributed by atoms with van der Waals surface area (Å²) in [6, 6.07) is 6.15. The molecule has 1 aromatic carbocycles. The predicted octanol–water partition coefficient (Wildman–Crippen LogP) is 3.98. The number of aryl methyl sites for hydroxylation is 1. The smallest absolute Gasteiger partial charge is 0.271 e. The van der Waals surface area contributed by atoms with Gasteiger partial charge >= 0.3 is 0 Å². The van der Waals surface area contributed by atoms with E-state index in [2.05, 4.69) is 21.2 Å². The number of amides is 1. The minimum Gasteiger partial charge on any atom is -0.321 e. The van der Waals surface area contributed by atoms with Crippen LogP contribution in [0.3, 0.4) is 0 Å². The minimum absolute atomic E-state index is 0.0499. The lowest BCUT2D eigenvalue weighted by Crippen LogP contribution is -2.11. The van der Waals surface area contributed by atoms with Gasteiger partial charge in [0, 0.05) is 16.6 Å². The number of hydrogen-bond acceptors (Lipinski definition) is 4. The molecule has 0 aliphatic rings. The molecule has 0 fully saturated rings. The summed E-state index contributed by atoms with van der Waals surface area (Å²) in [5.74, 6) is -0.287. The van der Waals surface area contributed by atoms with Crippen LogP contribution < -0.4 is 5.32 Å². The number of carbonyl (C=O) groups is 1. The molecule has 7 heteroatoms. The first-order chi connectivity index (χ1) is 8.99. The fraction of sp³-hybridized carbons (Fsp3) is 0.0833. The highest BCUT2D eigenvalue weighted by molar-refractivity contribution is 9.10. The Morgan fingerprint density at radius 1 is 1.42 bits per heavy atom. The van der Waals surface area contributed by atoms with Crippen molar-refractivity contribution in [3.8, 4) is 0 Å². The molecule has 0 atom stereocenters. The zero-order valence-corrected chi connectivity index (χ0v) is 12.2. The fourth-order valence-corrected chi connectivity index (χ4v) is 2.94. The molecule has 0 aliphatic carbocycles. The maximum absolute atomic E-state index is 12.0. The van der Waals surface area contributed by atoms with E-state index in [0.717, 1.165) is 5.56 Å². The summed E-state index contributed by atoms with van der Waals surface area (Å²) in [5.41, 5.74) is 1.16. The first-order valence-electron chi connectivity index (χ1n) is 5.28. The molecular formula is C12H9BrN2O3S. The van der Waals surface area contributed by atoms with E-state index < -0.39 is 4.92 Å². The van der Waals surface area contributed by atoms with Crippen molar-refractivity contribution in [1.29, 1.82) is 0 Å². The maximum Gasteiger partial charge on any atom is 0.271 e. The molecule has 2 rings (SSSR count). The quantitative estimate of drug-likeness (QED) is 0.678. The van der Waals surface area contributed by atoms with Crippen molar-refractivity contribution >= 4 is 44.5 Å². The van der Waals surface area contributed by atoms with Gasteiger partial charge in [0.1, 0.15) is 4.88 Å². The zero-order valence-electron chi connectivity index (χ0n) is 9.84. The molecule has 2 aromatic rings. The second kappa shape index (κ2) is 5.50. The van der Waals surface area contributed by atoms with Gasteiger partial charge in [0.05, 0.1) is 10.6 Å². The van der Waals surface area contributed by atoms with E-state index in [-0.39, 0.29) is 11.6 Å². The molecule has 0 bridgehead atoms. The molecular weight excluding hydrogens is 332 g/mol. The number of hydrogen-bond donors (Lipinski definition) is 1. The van der Waals surface area contributed by atoms with Gasteiger partial charge in [0.2, 0.25) is 0 Å². The van der Waals surface area contributed by atoms with Crippen LogP contribution in [0.5, 0.6) is 0 Å². The summed E-state index contributed by atoms with van der Waals surface area (Å²) < 4.78 is 0.707. The van der Waals surface area contributed by atoms with E-state index in [0.29, 0.717) is 15.0 Å². The summed E-state index contributed by atoms with van der Waals surface area (Å²) in [5, 5.41) is 15.2. The van der Waals surface area contributed by atoms with Gasteiger partial charge in [-0.25, -0.2) is 0 Å². The Bertz CT molecular complexity index is 654. The number of benzene rings is 1. The summed E-state index contributed by atoms with van der Waals surface area (Å²) in [6.07, 6.45) is 0. The van der Waals surface area contributed by atoms with E-state index in [1.807, 2.05) is 0 Å². The number of carbonyl (C=O) groups excluding carboxylic acids is 1. The average Bonchev–Trinajstić information content (AvgIpc) is 2.78. The van der Waals surface area contributed by atoms with Crippen LogP contribution in [0, 0.1) is 17.0 Å². The van der Waals surface area contributed by atoms with Crippen molar-refractivity contribution in [2.24, 2.45) is 0 Å². The largest absolute Gasteiger partial charge is 0.321 e. The Morgan fingerprint density at radius 3 is 2.74 bits per heavy atom. The Hall–Kier alpha value is -1.73. The lowest BCUT2D eigenvalue weighted by molar-refractivity contribution is -0.384. The highest BCUT2D eigenvalue weighted by atomic mass is 79.9. The SMILES string of the molecule is Cc1ccc([N+](=O)[O-])cc1NC(=O)c1sccc1Br. The third-order valence-corrected chi connectivity index (χ3v) is 4.34. The third-order valence-electron chi connectivity index (χ3n) is 2.50. The van der Waals surface area contributed by atoms with Gasteiger partial charge in [-0.15, -0.1) is 11.3 Å². The van der Waals surface area contributed by atoms with Crippen molar-refractivity contribution < 1.29 is 9.72 Å². The Kier molecular flexibility index (Phi) is 3.96. The fourth-order valence-electron chi connectivity index (χ4n) is 1.49. The van der Waals surface area contributed by atoms with Gasteiger partial charge in [-0.05, 0) is 39.9 Å². The molecule has 5 nitrogen and oxygen atoms in total. The third kappa shape index (κ3) is 2.99. The molecule has 0 saturated heterocycles. The van der Waals surface area contributed by atoms with E-state index in [4.69, 9.17) is 0 Å². The Morgan fingerprint density at radius 2 is 2.16 bits per heavy atom. The van der Waals surface area contributed by atoms with Crippen LogP contribution in [-0.2, 0) is 0 Å². The number of nitrogens with zero attached hydrogens (tertiary/aromatic N) is 1. The topological polar surface area (TPSA) is 72.2 Å². The minimum atomic E-state index is -0.490. The number of halogens is 1. The number of rotatable bonds is 3.